The molecule has 1 aliphatic carbocycles. The summed E-state index contributed by atoms with van der Waals surface area (Å²) in [7, 11) is 0. The number of hydrogen-bond acceptors (Lipinski definition) is 2. The van der Waals surface area contributed by atoms with Crippen molar-refractivity contribution in [1.82, 2.24) is 0 Å². The van der Waals surface area contributed by atoms with Crippen molar-refractivity contribution in [2.24, 2.45) is 0 Å². The predicted octanol–water partition coefficient (Wildman–Crippen LogP) is 4.86. The zero-order valence-corrected chi connectivity index (χ0v) is 13.6. The standard InChI is InChI=1S/C20H24O2/c1-5-7-9-15-11-17-18(12-16(15)10-8-6-2)20(22)14(4)13(3)19(17)21/h11-12H,3-10H2,1-2H3. The van der Waals surface area contributed by atoms with E-state index in [1.807, 2.05) is 12.1 Å². The van der Waals surface area contributed by atoms with Gasteiger partial charge in [-0.2, -0.15) is 0 Å². The number of hydrogen-bond donors (Lipinski definition) is 0. The first kappa shape index (κ1) is 16.4. The highest BCUT2D eigenvalue weighted by Crippen LogP contribution is 2.31. The van der Waals surface area contributed by atoms with Crippen LogP contribution in [0.15, 0.2) is 36.4 Å². The Hall–Kier alpha value is -1.96. The van der Waals surface area contributed by atoms with E-state index in [2.05, 4.69) is 27.0 Å². The lowest BCUT2D eigenvalue weighted by Gasteiger charge is -2.21. The SMILES string of the molecule is C=C1C(=C)C(=O)c2cc(CCCC)c(CCCC)cc2C1=O. The number of ketones is 2. The predicted molar refractivity (Wildman–Crippen MR) is 90.6 cm³/mol. The summed E-state index contributed by atoms with van der Waals surface area (Å²) in [6, 6.07) is 3.85. The molecule has 0 saturated carbocycles. The molecule has 1 aliphatic rings. The van der Waals surface area contributed by atoms with Crippen LogP contribution in [0.2, 0.25) is 0 Å². The van der Waals surface area contributed by atoms with Crippen LogP contribution >= 0.6 is 0 Å². The van der Waals surface area contributed by atoms with Crippen molar-refractivity contribution in [1.29, 1.82) is 0 Å². The maximum absolute atomic E-state index is 12.4. The minimum absolute atomic E-state index is 0.153. The molecule has 2 heteroatoms. The molecule has 0 atom stereocenters. The fraction of sp³-hybridized carbons (Fsp3) is 0.400. The minimum atomic E-state index is -0.153. The molecule has 22 heavy (non-hydrogen) atoms. The van der Waals surface area contributed by atoms with Gasteiger partial charge in [-0.15, -0.1) is 0 Å². The van der Waals surface area contributed by atoms with Gasteiger partial charge < -0.3 is 0 Å². The van der Waals surface area contributed by atoms with E-state index >= 15 is 0 Å². The summed E-state index contributed by atoms with van der Waals surface area (Å²) in [5, 5.41) is 0. The van der Waals surface area contributed by atoms with Gasteiger partial charge in [0.15, 0.2) is 11.6 Å². The molecule has 0 aromatic heterocycles. The second-order valence-electron chi connectivity index (χ2n) is 5.99. The Morgan fingerprint density at radius 1 is 0.773 bits per heavy atom. The molecule has 0 heterocycles. The summed E-state index contributed by atoms with van der Waals surface area (Å²) in [6.07, 6.45) is 6.32. The minimum Gasteiger partial charge on any atom is -0.289 e. The van der Waals surface area contributed by atoms with Gasteiger partial charge in [-0.05, 0) is 48.9 Å². The third-order valence-electron chi connectivity index (χ3n) is 4.34. The maximum atomic E-state index is 12.4. The van der Waals surface area contributed by atoms with Crippen LogP contribution in [0, 0.1) is 0 Å². The fourth-order valence-electron chi connectivity index (χ4n) is 2.86. The van der Waals surface area contributed by atoms with Crippen molar-refractivity contribution in [3.05, 3.63) is 58.7 Å². The van der Waals surface area contributed by atoms with Crippen LogP contribution in [-0.2, 0) is 12.8 Å². The average Bonchev–Trinajstić information content (AvgIpc) is 2.54. The van der Waals surface area contributed by atoms with Gasteiger partial charge in [-0.1, -0.05) is 39.8 Å². The van der Waals surface area contributed by atoms with Crippen molar-refractivity contribution in [3.63, 3.8) is 0 Å². The lowest BCUT2D eigenvalue weighted by molar-refractivity contribution is 0.0973. The summed E-state index contributed by atoms with van der Waals surface area (Å²) in [5.74, 6) is -0.307. The molecule has 1 aromatic rings. The van der Waals surface area contributed by atoms with Gasteiger partial charge in [0.1, 0.15) is 0 Å². The summed E-state index contributed by atoms with van der Waals surface area (Å²) >= 11 is 0. The number of allylic oxidation sites excluding steroid dienone is 2. The van der Waals surface area contributed by atoms with Gasteiger partial charge in [0.05, 0.1) is 0 Å². The molecule has 2 rings (SSSR count). The lowest BCUT2D eigenvalue weighted by atomic mass is 9.80. The molecule has 0 aliphatic heterocycles. The van der Waals surface area contributed by atoms with E-state index < -0.39 is 0 Å². The van der Waals surface area contributed by atoms with Crippen LogP contribution in [0.5, 0.6) is 0 Å². The first-order chi connectivity index (χ1) is 10.5. The highest BCUT2D eigenvalue weighted by atomic mass is 16.1. The number of benzene rings is 1. The number of carbonyl (C=O) groups is 2. The molecular formula is C20H24O2. The summed E-state index contributed by atoms with van der Waals surface area (Å²) in [4.78, 5) is 24.8. The van der Waals surface area contributed by atoms with Crippen LogP contribution in [0.1, 0.15) is 71.4 Å². The molecule has 2 nitrogen and oxygen atoms in total. The van der Waals surface area contributed by atoms with Crippen molar-refractivity contribution in [3.8, 4) is 0 Å². The van der Waals surface area contributed by atoms with Gasteiger partial charge in [0.25, 0.3) is 0 Å². The van der Waals surface area contributed by atoms with E-state index in [1.54, 1.807) is 0 Å². The lowest BCUT2D eigenvalue weighted by Crippen LogP contribution is -2.22. The van der Waals surface area contributed by atoms with Gasteiger partial charge in [0, 0.05) is 22.3 Å². The van der Waals surface area contributed by atoms with E-state index in [1.165, 1.54) is 11.1 Å². The van der Waals surface area contributed by atoms with Crippen molar-refractivity contribution in [2.75, 3.05) is 0 Å². The number of carbonyl (C=O) groups excluding carboxylic acids is 2. The third kappa shape index (κ3) is 2.96. The normalized spacial score (nSPS) is 14.5. The van der Waals surface area contributed by atoms with Gasteiger partial charge >= 0.3 is 0 Å². The Labute approximate surface area is 132 Å². The van der Waals surface area contributed by atoms with Gasteiger partial charge in [-0.3, -0.25) is 9.59 Å². The first-order valence-corrected chi connectivity index (χ1v) is 8.14. The quantitative estimate of drug-likeness (QED) is 0.702. The topological polar surface area (TPSA) is 34.1 Å². The second-order valence-corrected chi connectivity index (χ2v) is 5.99. The Balaban J connectivity index is 2.53. The molecule has 116 valence electrons. The van der Waals surface area contributed by atoms with Gasteiger partial charge in [-0.25, -0.2) is 0 Å². The van der Waals surface area contributed by atoms with E-state index in [4.69, 9.17) is 0 Å². The van der Waals surface area contributed by atoms with Crippen LogP contribution in [0.3, 0.4) is 0 Å². The largest absolute Gasteiger partial charge is 0.289 e. The maximum Gasteiger partial charge on any atom is 0.193 e. The monoisotopic (exact) mass is 296 g/mol. The van der Waals surface area contributed by atoms with Crippen LogP contribution in [-0.4, -0.2) is 11.6 Å². The molecule has 1 aromatic carbocycles. The molecule has 0 unspecified atom stereocenters. The van der Waals surface area contributed by atoms with Crippen LogP contribution in [0.4, 0.5) is 0 Å². The van der Waals surface area contributed by atoms with Crippen LogP contribution < -0.4 is 0 Å². The third-order valence-corrected chi connectivity index (χ3v) is 4.34. The number of unbranched alkanes of at least 4 members (excludes halogenated alkanes) is 2. The van der Waals surface area contributed by atoms with E-state index in [0.717, 1.165) is 38.5 Å². The first-order valence-electron chi connectivity index (χ1n) is 8.14. The van der Waals surface area contributed by atoms with Gasteiger partial charge in [0.2, 0.25) is 0 Å². The van der Waals surface area contributed by atoms with E-state index in [-0.39, 0.29) is 22.7 Å². The molecule has 0 amide bonds. The van der Waals surface area contributed by atoms with Crippen molar-refractivity contribution in [2.45, 2.75) is 52.4 Å². The second kappa shape index (κ2) is 6.87. The molecular weight excluding hydrogens is 272 g/mol. The number of Topliss-reactive ketones (excluding diaryl/α,β-unsaturated/α-hetero) is 2. The van der Waals surface area contributed by atoms with Crippen molar-refractivity contribution < 1.29 is 9.59 Å². The Morgan fingerprint density at radius 3 is 1.45 bits per heavy atom. The highest BCUT2D eigenvalue weighted by molar-refractivity contribution is 6.30. The Morgan fingerprint density at radius 2 is 1.14 bits per heavy atom. The Bertz CT molecular complexity index is 593. The van der Waals surface area contributed by atoms with E-state index in [9.17, 15) is 9.59 Å². The molecule has 0 saturated heterocycles. The van der Waals surface area contributed by atoms with Crippen LogP contribution in [0.25, 0.3) is 0 Å². The summed E-state index contributed by atoms with van der Waals surface area (Å²) in [5.41, 5.74) is 3.90. The molecule has 0 spiro atoms. The molecule has 0 bridgehead atoms. The number of fused-ring (bicyclic) bond motifs is 1. The summed E-state index contributed by atoms with van der Waals surface area (Å²) in [6.45, 7) is 11.8. The zero-order valence-electron chi connectivity index (χ0n) is 13.6. The summed E-state index contributed by atoms with van der Waals surface area (Å²) < 4.78 is 0. The number of aryl methyl sites for hydroxylation is 2. The molecule has 0 N–H and O–H groups in total. The van der Waals surface area contributed by atoms with Crippen molar-refractivity contribution >= 4 is 11.6 Å². The fourth-order valence-corrected chi connectivity index (χ4v) is 2.86. The molecule has 0 fully saturated rings. The smallest absolute Gasteiger partial charge is 0.193 e. The zero-order chi connectivity index (χ0) is 16.3. The van der Waals surface area contributed by atoms with E-state index in [0.29, 0.717) is 11.1 Å². The number of rotatable bonds is 6. The highest BCUT2D eigenvalue weighted by Gasteiger charge is 2.30. The Kier molecular flexibility index (Phi) is 5.12. The molecule has 0 radical (unpaired) electrons. The average molecular weight is 296 g/mol.